The zero-order valence-electron chi connectivity index (χ0n) is 10.2. The van der Waals surface area contributed by atoms with Crippen LogP contribution in [0.5, 0.6) is 0 Å². The van der Waals surface area contributed by atoms with Gasteiger partial charge in [-0.15, -0.1) is 0 Å². The first-order valence-electron chi connectivity index (χ1n) is 6.26. The molecular weight excluding hydrogens is 215 g/mol. The van der Waals surface area contributed by atoms with Crippen LogP contribution in [-0.2, 0) is 6.54 Å². The quantitative estimate of drug-likeness (QED) is 0.760. The maximum absolute atomic E-state index is 13.0. The van der Waals surface area contributed by atoms with Crippen LogP contribution in [0.25, 0.3) is 10.9 Å². The molecule has 0 saturated carbocycles. The molecule has 92 valence electrons. The highest BCUT2D eigenvalue weighted by Gasteiger charge is 2.01. The molecule has 0 saturated heterocycles. The van der Waals surface area contributed by atoms with Gasteiger partial charge in [-0.1, -0.05) is 6.92 Å². The van der Waals surface area contributed by atoms with Crippen molar-refractivity contribution in [2.75, 3.05) is 13.1 Å². The molecule has 1 aromatic carbocycles. The Morgan fingerprint density at radius 3 is 2.94 bits per heavy atom. The summed E-state index contributed by atoms with van der Waals surface area (Å²) >= 11 is 0. The lowest BCUT2D eigenvalue weighted by Gasteiger charge is -2.05. The lowest BCUT2D eigenvalue weighted by Crippen LogP contribution is -2.14. The van der Waals surface area contributed by atoms with Gasteiger partial charge in [0.05, 0.1) is 0 Å². The number of unbranched alkanes of at least 4 members (excludes halogenated alkanes) is 1. The number of aromatic nitrogens is 1. The van der Waals surface area contributed by atoms with Crippen LogP contribution < -0.4 is 5.32 Å². The van der Waals surface area contributed by atoms with Crippen LogP contribution in [0.3, 0.4) is 0 Å². The highest BCUT2D eigenvalue weighted by molar-refractivity contribution is 5.80. The number of aryl methyl sites for hydroxylation is 1. The number of hydrogen-bond acceptors (Lipinski definition) is 1. The van der Waals surface area contributed by atoms with Gasteiger partial charge in [0.1, 0.15) is 5.82 Å². The van der Waals surface area contributed by atoms with Crippen molar-refractivity contribution in [3.8, 4) is 0 Å². The molecule has 0 bridgehead atoms. The van der Waals surface area contributed by atoms with Crippen LogP contribution in [0.2, 0.25) is 0 Å². The highest BCUT2D eigenvalue weighted by Crippen LogP contribution is 2.17. The average molecular weight is 234 g/mol. The minimum absolute atomic E-state index is 0.164. The molecule has 0 aliphatic heterocycles. The number of hydrogen-bond donors (Lipinski definition) is 1. The monoisotopic (exact) mass is 234 g/mol. The van der Waals surface area contributed by atoms with Gasteiger partial charge in [0.15, 0.2) is 0 Å². The van der Waals surface area contributed by atoms with Gasteiger partial charge in [-0.2, -0.15) is 0 Å². The van der Waals surface area contributed by atoms with Crippen molar-refractivity contribution in [2.24, 2.45) is 0 Å². The Hall–Kier alpha value is -1.35. The second kappa shape index (κ2) is 5.82. The second-order valence-electron chi connectivity index (χ2n) is 4.27. The molecule has 0 radical (unpaired) electrons. The SMILES string of the molecule is CCNCCCCn1ccc2cc(F)ccc21. The minimum Gasteiger partial charge on any atom is -0.347 e. The smallest absolute Gasteiger partial charge is 0.123 e. The predicted octanol–water partition coefficient (Wildman–Crippen LogP) is 3.17. The summed E-state index contributed by atoms with van der Waals surface area (Å²) in [4.78, 5) is 0. The molecule has 17 heavy (non-hydrogen) atoms. The van der Waals surface area contributed by atoms with Gasteiger partial charge >= 0.3 is 0 Å². The van der Waals surface area contributed by atoms with Gasteiger partial charge in [0.25, 0.3) is 0 Å². The van der Waals surface area contributed by atoms with E-state index in [0.29, 0.717) is 0 Å². The Kier molecular flexibility index (Phi) is 4.15. The molecule has 1 heterocycles. The van der Waals surface area contributed by atoms with Crippen LogP contribution in [0.1, 0.15) is 19.8 Å². The van der Waals surface area contributed by atoms with E-state index in [1.807, 2.05) is 18.3 Å². The Bertz CT molecular complexity index is 476. The van der Waals surface area contributed by atoms with E-state index in [2.05, 4.69) is 16.8 Å². The summed E-state index contributed by atoms with van der Waals surface area (Å²) in [6.07, 6.45) is 4.36. The van der Waals surface area contributed by atoms with Crippen LogP contribution in [0.4, 0.5) is 4.39 Å². The summed E-state index contributed by atoms with van der Waals surface area (Å²) in [6, 6.07) is 6.94. The molecule has 0 aliphatic rings. The van der Waals surface area contributed by atoms with Crippen molar-refractivity contribution < 1.29 is 4.39 Å². The number of nitrogens with one attached hydrogen (secondary N) is 1. The van der Waals surface area contributed by atoms with E-state index < -0.39 is 0 Å². The molecule has 2 rings (SSSR count). The molecule has 0 unspecified atom stereocenters. The molecule has 0 spiro atoms. The first-order valence-corrected chi connectivity index (χ1v) is 6.26. The van der Waals surface area contributed by atoms with Crippen LogP contribution in [0.15, 0.2) is 30.5 Å². The molecule has 3 heteroatoms. The lowest BCUT2D eigenvalue weighted by atomic mass is 10.2. The van der Waals surface area contributed by atoms with E-state index in [0.717, 1.165) is 37.0 Å². The zero-order chi connectivity index (χ0) is 12.1. The average Bonchev–Trinajstić information content (AvgIpc) is 2.71. The zero-order valence-corrected chi connectivity index (χ0v) is 10.2. The van der Waals surface area contributed by atoms with Crippen molar-refractivity contribution in [1.29, 1.82) is 0 Å². The van der Waals surface area contributed by atoms with E-state index in [1.165, 1.54) is 12.5 Å². The standard InChI is InChI=1S/C14H19FN2/c1-2-16-8-3-4-9-17-10-7-12-11-13(15)5-6-14(12)17/h5-7,10-11,16H,2-4,8-9H2,1H3. The summed E-state index contributed by atoms with van der Waals surface area (Å²) in [5.41, 5.74) is 1.12. The topological polar surface area (TPSA) is 17.0 Å². The second-order valence-corrected chi connectivity index (χ2v) is 4.27. The van der Waals surface area contributed by atoms with Crippen molar-refractivity contribution in [1.82, 2.24) is 9.88 Å². The van der Waals surface area contributed by atoms with Crippen LogP contribution in [-0.4, -0.2) is 17.7 Å². The molecule has 0 fully saturated rings. The normalized spacial score (nSPS) is 11.2. The van der Waals surface area contributed by atoms with E-state index in [-0.39, 0.29) is 5.82 Å². The van der Waals surface area contributed by atoms with Crippen LogP contribution in [0, 0.1) is 5.82 Å². The molecule has 2 nitrogen and oxygen atoms in total. The first kappa shape index (κ1) is 12.1. The van der Waals surface area contributed by atoms with Crippen molar-refractivity contribution in [2.45, 2.75) is 26.3 Å². The van der Waals surface area contributed by atoms with Gasteiger partial charge in [0, 0.05) is 23.6 Å². The number of benzene rings is 1. The molecule has 0 atom stereocenters. The number of fused-ring (bicyclic) bond motifs is 1. The molecule has 2 aromatic rings. The van der Waals surface area contributed by atoms with Crippen molar-refractivity contribution in [3.05, 3.63) is 36.3 Å². The molecular formula is C14H19FN2. The van der Waals surface area contributed by atoms with Gasteiger partial charge in [-0.05, 0) is 50.2 Å². The van der Waals surface area contributed by atoms with Gasteiger partial charge < -0.3 is 9.88 Å². The molecule has 0 amide bonds. The highest BCUT2D eigenvalue weighted by atomic mass is 19.1. The summed E-state index contributed by atoms with van der Waals surface area (Å²) in [5, 5.41) is 4.30. The summed E-state index contributed by atoms with van der Waals surface area (Å²) in [6.45, 7) is 5.23. The van der Waals surface area contributed by atoms with Crippen LogP contribution >= 0.6 is 0 Å². The molecule has 0 aliphatic carbocycles. The third-order valence-corrected chi connectivity index (χ3v) is 2.99. The largest absolute Gasteiger partial charge is 0.347 e. The number of nitrogens with zero attached hydrogens (tertiary/aromatic N) is 1. The fraction of sp³-hybridized carbons (Fsp3) is 0.429. The van der Waals surface area contributed by atoms with Crippen molar-refractivity contribution in [3.63, 3.8) is 0 Å². The number of rotatable bonds is 6. The Morgan fingerprint density at radius 2 is 2.12 bits per heavy atom. The molecule has 1 N–H and O–H groups in total. The van der Waals surface area contributed by atoms with E-state index in [9.17, 15) is 4.39 Å². The maximum atomic E-state index is 13.0. The summed E-state index contributed by atoms with van der Waals surface area (Å²) in [5.74, 6) is -0.164. The van der Waals surface area contributed by atoms with E-state index in [4.69, 9.17) is 0 Å². The predicted molar refractivity (Wildman–Crippen MR) is 69.7 cm³/mol. The van der Waals surface area contributed by atoms with Gasteiger partial charge in [0.2, 0.25) is 0 Å². The third-order valence-electron chi connectivity index (χ3n) is 2.99. The lowest BCUT2D eigenvalue weighted by molar-refractivity contribution is 0.586. The van der Waals surface area contributed by atoms with Gasteiger partial charge in [-0.3, -0.25) is 0 Å². The number of halogens is 1. The third kappa shape index (κ3) is 3.07. The van der Waals surface area contributed by atoms with Crippen molar-refractivity contribution >= 4 is 10.9 Å². The van der Waals surface area contributed by atoms with E-state index >= 15 is 0 Å². The summed E-state index contributed by atoms with van der Waals surface area (Å²) < 4.78 is 15.2. The molecule has 1 aromatic heterocycles. The van der Waals surface area contributed by atoms with Gasteiger partial charge in [-0.25, -0.2) is 4.39 Å². The Labute approximate surface area is 101 Å². The van der Waals surface area contributed by atoms with E-state index in [1.54, 1.807) is 6.07 Å². The Morgan fingerprint density at radius 1 is 1.24 bits per heavy atom. The fourth-order valence-corrected chi connectivity index (χ4v) is 2.07. The fourth-order valence-electron chi connectivity index (χ4n) is 2.07. The minimum atomic E-state index is -0.164. The Balaban J connectivity index is 1.95. The maximum Gasteiger partial charge on any atom is 0.123 e. The first-order chi connectivity index (χ1) is 8.31. The summed E-state index contributed by atoms with van der Waals surface area (Å²) in [7, 11) is 0.